The Morgan fingerprint density at radius 2 is 1.94 bits per heavy atom. The van der Waals surface area contributed by atoms with E-state index in [1.54, 1.807) is 0 Å². The van der Waals surface area contributed by atoms with Crippen molar-refractivity contribution in [1.29, 1.82) is 0 Å². The van der Waals surface area contributed by atoms with Crippen LogP contribution in [0, 0.1) is 6.92 Å². The van der Waals surface area contributed by atoms with E-state index in [-0.39, 0.29) is 0 Å². The van der Waals surface area contributed by atoms with Crippen LogP contribution in [-0.4, -0.2) is 4.98 Å². The highest BCUT2D eigenvalue weighted by Gasteiger charge is 2.05. The molecule has 0 radical (unpaired) electrons. The molecule has 0 spiro atoms. The van der Waals surface area contributed by atoms with Gasteiger partial charge in [0, 0.05) is 4.47 Å². The van der Waals surface area contributed by atoms with Crippen LogP contribution < -0.4 is 5.32 Å². The quantitative estimate of drug-likeness (QED) is 0.768. The lowest BCUT2D eigenvalue weighted by molar-refractivity contribution is 1.18. The predicted molar refractivity (Wildman–Crippen MR) is 79.1 cm³/mol. The molecule has 1 heterocycles. The minimum atomic E-state index is 0.670. The van der Waals surface area contributed by atoms with Crippen LogP contribution in [0.4, 0.5) is 11.5 Å². The van der Waals surface area contributed by atoms with Gasteiger partial charge < -0.3 is 5.32 Å². The molecule has 2 rings (SSSR count). The Morgan fingerprint density at radius 1 is 1.18 bits per heavy atom. The SMILES string of the molecule is Cc1nc(Nc2cccc(Cl)c2Br)ccc1Br. The fourth-order valence-corrected chi connectivity index (χ4v) is 2.11. The number of anilines is 2. The van der Waals surface area contributed by atoms with E-state index < -0.39 is 0 Å². The molecule has 2 nitrogen and oxygen atoms in total. The number of hydrogen-bond donors (Lipinski definition) is 1. The molecule has 5 heteroatoms. The molecule has 1 aromatic heterocycles. The zero-order valence-corrected chi connectivity index (χ0v) is 12.9. The Morgan fingerprint density at radius 3 is 2.65 bits per heavy atom. The van der Waals surface area contributed by atoms with Gasteiger partial charge in [-0.1, -0.05) is 17.7 Å². The minimum Gasteiger partial charge on any atom is -0.339 e. The fourth-order valence-electron chi connectivity index (χ4n) is 1.35. The van der Waals surface area contributed by atoms with Crippen LogP contribution in [0.15, 0.2) is 39.3 Å². The molecule has 0 fully saturated rings. The molecule has 1 aromatic carbocycles. The van der Waals surface area contributed by atoms with Crippen molar-refractivity contribution in [1.82, 2.24) is 4.98 Å². The van der Waals surface area contributed by atoms with Crippen LogP contribution in [-0.2, 0) is 0 Å². The third kappa shape index (κ3) is 3.00. The monoisotopic (exact) mass is 374 g/mol. The summed E-state index contributed by atoms with van der Waals surface area (Å²) in [5.74, 6) is 0.786. The molecule has 0 bridgehead atoms. The normalized spacial score (nSPS) is 10.4. The summed E-state index contributed by atoms with van der Waals surface area (Å²) in [6.45, 7) is 1.95. The van der Waals surface area contributed by atoms with Crippen LogP contribution in [0.5, 0.6) is 0 Å². The highest BCUT2D eigenvalue weighted by Crippen LogP contribution is 2.32. The topological polar surface area (TPSA) is 24.9 Å². The van der Waals surface area contributed by atoms with E-state index in [9.17, 15) is 0 Å². The second kappa shape index (κ2) is 5.38. The van der Waals surface area contributed by atoms with E-state index in [2.05, 4.69) is 42.2 Å². The first-order chi connectivity index (χ1) is 8.08. The molecule has 1 N–H and O–H groups in total. The molecule has 0 saturated carbocycles. The number of rotatable bonds is 2. The number of nitrogens with one attached hydrogen (secondary N) is 1. The first kappa shape index (κ1) is 12.9. The van der Waals surface area contributed by atoms with Crippen molar-refractivity contribution in [3.63, 3.8) is 0 Å². The van der Waals surface area contributed by atoms with Crippen molar-refractivity contribution in [2.24, 2.45) is 0 Å². The van der Waals surface area contributed by atoms with Crippen LogP contribution in [0.2, 0.25) is 5.02 Å². The van der Waals surface area contributed by atoms with Crippen LogP contribution in [0.25, 0.3) is 0 Å². The molecular weight excluding hydrogens is 367 g/mol. The molecule has 2 aromatic rings. The summed E-state index contributed by atoms with van der Waals surface area (Å²) in [6, 6.07) is 9.53. The van der Waals surface area contributed by atoms with Gasteiger partial charge in [-0.3, -0.25) is 0 Å². The number of benzene rings is 1. The van der Waals surface area contributed by atoms with Crippen LogP contribution >= 0.6 is 43.5 Å². The maximum absolute atomic E-state index is 6.02. The smallest absolute Gasteiger partial charge is 0.130 e. The van der Waals surface area contributed by atoms with Gasteiger partial charge in [-0.05, 0) is 63.0 Å². The van der Waals surface area contributed by atoms with Gasteiger partial charge in [-0.15, -0.1) is 0 Å². The van der Waals surface area contributed by atoms with Gasteiger partial charge in [0.2, 0.25) is 0 Å². The van der Waals surface area contributed by atoms with Crippen molar-refractivity contribution in [3.8, 4) is 0 Å². The van der Waals surface area contributed by atoms with E-state index in [4.69, 9.17) is 11.6 Å². The average Bonchev–Trinajstić information content (AvgIpc) is 2.30. The number of hydrogen-bond acceptors (Lipinski definition) is 2. The number of halogens is 3. The van der Waals surface area contributed by atoms with Crippen LogP contribution in [0.1, 0.15) is 5.69 Å². The highest BCUT2D eigenvalue weighted by atomic mass is 79.9. The zero-order valence-electron chi connectivity index (χ0n) is 8.97. The molecule has 88 valence electrons. The van der Waals surface area contributed by atoms with E-state index >= 15 is 0 Å². The second-order valence-corrected chi connectivity index (χ2v) is 5.54. The first-order valence-electron chi connectivity index (χ1n) is 4.92. The molecule has 0 aliphatic rings. The largest absolute Gasteiger partial charge is 0.339 e. The summed E-state index contributed by atoms with van der Waals surface area (Å²) >= 11 is 12.9. The molecule has 0 aliphatic heterocycles. The summed E-state index contributed by atoms with van der Waals surface area (Å²) in [5, 5.41) is 3.89. The molecule has 0 saturated heterocycles. The zero-order chi connectivity index (χ0) is 12.4. The standard InChI is InChI=1S/C12H9Br2ClN2/c1-7-8(13)5-6-11(16-7)17-10-4-2-3-9(15)12(10)14/h2-6H,1H3,(H,16,17). The van der Waals surface area contributed by atoms with Crippen molar-refractivity contribution >= 4 is 55.0 Å². The average molecular weight is 376 g/mol. The Labute approximate surface area is 122 Å². The van der Waals surface area contributed by atoms with E-state index in [0.717, 1.165) is 26.1 Å². The lowest BCUT2D eigenvalue weighted by Crippen LogP contribution is -1.96. The number of aromatic nitrogens is 1. The van der Waals surface area contributed by atoms with Crippen LogP contribution in [0.3, 0.4) is 0 Å². The molecule has 17 heavy (non-hydrogen) atoms. The van der Waals surface area contributed by atoms with Gasteiger partial charge >= 0.3 is 0 Å². The van der Waals surface area contributed by atoms with Gasteiger partial charge in [0.25, 0.3) is 0 Å². The van der Waals surface area contributed by atoms with E-state index in [1.165, 1.54) is 0 Å². The predicted octanol–water partition coefficient (Wildman–Crippen LogP) is 5.31. The lowest BCUT2D eigenvalue weighted by Gasteiger charge is -2.09. The molecule has 0 amide bonds. The number of nitrogens with zero attached hydrogens (tertiary/aromatic N) is 1. The summed E-state index contributed by atoms with van der Waals surface area (Å²) in [5.41, 5.74) is 1.83. The Balaban J connectivity index is 2.31. The number of aryl methyl sites for hydroxylation is 1. The van der Waals surface area contributed by atoms with Gasteiger partial charge in [-0.25, -0.2) is 4.98 Å². The van der Waals surface area contributed by atoms with Gasteiger partial charge in [0.05, 0.1) is 20.9 Å². The van der Waals surface area contributed by atoms with E-state index in [1.807, 2.05) is 37.3 Å². The number of pyridine rings is 1. The summed E-state index contributed by atoms with van der Waals surface area (Å²) in [4.78, 5) is 4.42. The second-order valence-electron chi connectivity index (χ2n) is 3.49. The Bertz CT molecular complexity index is 558. The fraction of sp³-hybridized carbons (Fsp3) is 0.0833. The van der Waals surface area contributed by atoms with Gasteiger partial charge in [-0.2, -0.15) is 0 Å². The highest BCUT2D eigenvalue weighted by molar-refractivity contribution is 9.11. The third-order valence-corrected chi connectivity index (χ3v) is 4.47. The summed E-state index contributed by atoms with van der Waals surface area (Å²) in [6.07, 6.45) is 0. The van der Waals surface area contributed by atoms with Crippen molar-refractivity contribution < 1.29 is 0 Å². The lowest BCUT2D eigenvalue weighted by atomic mass is 10.3. The molecular formula is C12H9Br2ClN2. The maximum Gasteiger partial charge on any atom is 0.130 e. The maximum atomic E-state index is 6.02. The van der Waals surface area contributed by atoms with Crippen molar-refractivity contribution in [2.45, 2.75) is 6.92 Å². The Kier molecular flexibility index (Phi) is 4.07. The summed E-state index contributed by atoms with van der Waals surface area (Å²) in [7, 11) is 0. The molecule has 0 atom stereocenters. The van der Waals surface area contributed by atoms with Gasteiger partial charge in [0.15, 0.2) is 0 Å². The van der Waals surface area contributed by atoms with Gasteiger partial charge in [0.1, 0.15) is 5.82 Å². The van der Waals surface area contributed by atoms with E-state index in [0.29, 0.717) is 5.02 Å². The third-order valence-electron chi connectivity index (χ3n) is 2.24. The minimum absolute atomic E-state index is 0.670. The Hall–Kier alpha value is -0.580. The molecule has 0 unspecified atom stereocenters. The first-order valence-corrected chi connectivity index (χ1v) is 6.88. The van der Waals surface area contributed by atoms with Crippen molar-refractivity contribution in [3.05, 3.63) is 50.0 Å². The summed E-state index contributed by atoms with van der Waals surface area (Å²) < 4.78 is 1.83. The van der Waals surface area contributed by atoms with Crippen molar-refractivity contribution in [2.75, 3.05) is 5.32 Å². The molecule has 0 aliphatic carbocycles.